The molecule has 1 N–H and O–H groups in total. The Labute approximate surface area is 143 Å². The Kier molecular flexibility index (Phi) is 5.03. The van der Waals surface area contributed by atoms with Crippen molar-refractivity contribution in [3.8, 4) is 0 Å². The molecule has 0 amide bonds. The standard InChI is InChI=1S/C16H20N2O4S2/c1-12-8-9-13(2)16(10-12)23(19,20)17-14-6-5-7-15(11-14)24(21,22)18(3)4/h5-11,17H,1-4H3. The number of aryl methyl sites for hydroxylation is 2. The van der Waals surface area contributed by atoms with Crippen LogP contribution in [0.15, 0.2) is 52.3 Å². The van der Waals surface area contributed by atoms with Crippen molar-refractivity contribution in [1.82, 2.24) is 4.31 Å². The van der Waals surface area contributed by atoms with Gasteiger partial charge in [-0.15, -0.1) is 0 Å². The van der Waals surface area contributed by atoms with E-state index < -0.39 is 20.0 Å². The largest absolute Gasteiger partial charge is 0.280 e. The third kappa shape index (κ3) is 3.77. The number of hydrogen-bond acceptors (Lipinski definition) is 4. The Hall–Kier alpha value is -1.90. The van der Waals surface area contributed by atoms with Crippen LogP contribution in [0.3, 0.4) is 0 Å². The van der Waals surface area contributed by atoms with Gasteiger partial charge in [0.1, 0.15) is 0 Å². The van der Waals surface area contributed by atoms with Crippen LogP contribution in [0.4, 0.5) is 5.69 Å². The van der Waals surface area contributed by atoms with Gasteiger partial charge >= 0.3 is 0 Å². The molecule has 8 heteroatoms. The maximum atomic E-state index is 12.6. The van der Waals surface area contributed by atoms with Crippen molar-refractivity contribution in [3.63, 3.8) is 0 Å². The van der Waals surface area contributed by atoms with E-state index in [1.54, 1.807) is 19.1 Å². The van der Waals surface area contributed by atoms with Crippen LogP contribution < -0.4 is 4.72 Å². The summed E-state index contributed by atoms with van der Waals surface area (Å²) in [5.41, 5.74) is 1.63. The average molecular weight is 368 g/mol. The lowest BCUT2D eigenvalue weighted by Crippen LogP contribution is -2.22. The molecule has 0 saturated heterocycles. The van der Waals surface area contributed by atoms with Crippen molar-refractivity contribution in [2.45, 2.75) is 23.6 Å². The summed E-state index contributed by atoms with van der Waals surface area (Å²) < 4.78 is 53.0. The van der Waals surface area contributed by atoms with E-state index in [-0.39, 0.29) is 15.5 Å². The van der Waals surface area contributed by atoms with Gasteiger partial charge in [-0.25, -0.2) is 21.1 Å². The van der Waals surface area contributed by atoms with Crippen LogP contribution in [0.25, 0.3) is 0 Å². The predicted octanol–water partition coefficient (Wildman–Crippen LogP) is 2.35. The molecule has 0 bridgehead atoms. The van der Waals surface area contributed by atoms with Crippen LogP contribution in [-0.2, 0) is 20.0 Å². The van der Waals surface area contributed by atoms with Gasteiger partial charge in [0.25, 0.3) is 10.0 Å². The number of sulfonamides is 2. The molecule has 0 saturated carbocycles. The van der Waals surface area contributed by atoms with Crippen LogP contribution in [0, 0.1) is 13.8 Å². The summed E-state index contributed by atoms with van der Waals surface area (Å²) >= 11 is 0. The van der Waals surface area contributed by atoms with Gasteiger partial charge in [-0.2, -0.15) is 0 Å². The Bertz CT molecular complexity index is 965. The molecule has 24 heavy (non-hydrogen) atoms. The van der Waals surface area contributed by atoms with Gasteiger partial charge in [0.15, 0.2) is 0 Å². The second-order valence-corrected chi connectivity index (χ2v) is 9.49. The van der Waals surface area contributed by atoms with E-state index in [9.17, 15) is 16.8 Å². The topological polar surface area (TPSA) is 83.5 Å². The highest BCUT2D eigenvalue weighted by Gasteiger charge is 2.20. The molecule has 0 radical (unpaired) electrons. The highest BCUT2D eigenvalue weighted by molar-refractivity contribution is 7.92. The maximum Gasteiger partial charge on any atom is 0.262 e. The molecule has 0 fully saturated rings. The molecule has 2 rings (SSSR count). The first kappa shape index (κ1) is 18.4. The molecule has 130 valence electrons. The van der Waals surface area contributed by atoms with Crippen molar-refractivity contribution < 1.29 is 16.8 Å². The lowest BCUT2D eigenvalue weighted by atomic mass is 10.2. The summed E-state index contributed by atoms with van der Waals surface area (Å²) in [4.78, 5) is 0.192. The molecule has 0 unspecified atom stereocenters. The maximum absolute atomic E-state index is 12.6. The fourth-order valence-corrected chi connectivity index (χ4v) is 4.47. The van der Waals surface area contributed by atoms with E-state index in [0.29, 0.717) is 5.56 Å². The van der Waals surface area contributed by atoms with E-state index in [4.69, 9.17) is 0 Å². The summed E-state index contributed by atoms with van der Waals surface area (Å²) in [7, 11) is -4.61. The van der Waals surface area contributed by atoms with Crippen LogP contribution in [-0.4, -0.2) is 35.2 Å². The second kappa shape index (κ2) is 6.54. The van der Waals surface area contributed by atoms with Gasteiger partial charge in [-0.1, -0.05) is 18.2 Å². The zero-order valence-electron chi connectivity index (χ0n) is 13.9. The quantitative estimate of drug-likeness (QED) is 0.878. The Balaban J connectivity index is 2.43. The molecule has 0 spiro atoms. The van der Waals surface area contributed by atoms with E-state index in [1.807, 2.05) is 13.0 Å². The van der Waals surface area contributed by atoms with Crippen LogP contribution in [0.1, 0.15) is 11.1 Å². The van der Waals surface area contributed by atoms with E-state index in [1.165, 1.54) is 38.4 Å². The molecular formula is C16H20N2O4S2. The summed E-state index contributed by atoms with van der Waals surface area (Å²) in [6.45, 7) is 3.52. The van der Waals surface area contributed by atoms with Crippen LogP contribution >= 0.6 is 0 Å². The van der Waals surface area contributed by atoms with Crippen LogP contribution in [0.5, 0.6) is 0 Å². The molecule has 0 heterocycles. The fraction of sp³-hybridized carbons (Fsp3) is 0.250. The zero-order valence-corrected chi connectivity index (χ0v) is 15.6. The predicted molar refractivity (Wildman–Crippen MR) is 94.0 cm³/mol. The lowest BCUT2D eigenvalue weighted by Gasteiger charge is -2.14. The third-order valence-electron chi connectivity index (χ3n) is 3.50. The highest BCUT2D eigenvalue weighted by Crippen LogP contribution is 2.23. The van der Waals surface area contributed by atoms with Gasteiger partial charge in [-0.3, -0.25) is 4.72 Å². The molecule has 2 aromatic carbocycles. The first-order chi connectivity index (χ1) is 11.0. The molecule has 0 atom stereocenters. The van der Waals surface area contributed by atoms with Gasteiger partial charge in [0.2, 0.25) is 10.0 Å². The number of anilines is 1. The second-order valence-electron chi connectivity index (χ2n) is 5.69. The average Bonchev–Trinajstić information content (AvgIpc) is 2.49. The molecule has 2 aromatic rings. The van der Waals surface area contributed by atoms with E-state index in [0.717, 1.165) is 9.87 Å². The highest BCUT2D eigenvalue weighted by atomic mass is 32.2. The number of benzene rings is 2. The van der Waals surface area contributed by atoms with Gasteiger partial charge in [0, 0.05) is 14.1 Å². The minimum absolute atomic E-state index is 0.0219. The fourth-order valence-electron chi connectivity index (χ4n) is 2.14. The Morgan fingerprint density at radius 3 is 2.21 bits per heavy atom. The smallest absolute Gasteiger partial charge is 0.262 e. The SMILES string of the molecule is Cc1ccc(C)c(S(=O)(=O)Nc2cccc(S(=O)(=O)N(C)C)c2)c1. The first-order valence-electron chi connectivity index (χ1n) is 7.17. The summed E-state index contributed by atoms with van der Waals surface area (Å²) in [5, 5.41) is 0. The summed E-state index contributed by atoms with van der Waals surface area (Å²) in [6, 6.07) is 10.9. The van der Waals surface area contributed by atoms with Gasteiger partial charge in [0.05, 0.1) is 15.5 Å². The number of hydrogen-bond donors (Lipinski definition) is 1. The van der Waals surface area contributed by atoms with Crippen molar-refractivity contribution in [1.29, 1.82) is 0 Å². The first-order valence-corrected chi connectivity index (χ1v) is 10.1. The molecule has 0 aliphatic carbocycles. The Morgan fingerprint density at radius 1 is 0.917 bits per heavy atom. The molecule has 0 aliphatic rings. The molecule has 6 nitrogen and oxygen atoms in total. The van der Waals surface area contributed by atoms with Crippen LogP contribution in [0.2, 0.25) is 0 Å². The summed E-state index contributed by atoms with van der Waals surface area (Å²) in [6.07, 6.45) is 0. The molecular weight excluding hydrogens is 348 g/mol. The number of nitrogens with one attached hydrogen (secondary N) is 1. The number of nitrogens with zero attached hydrogens (tertiary/aromatic N) is 1. The van der Waals surface area contributed by atoms with Gasteiger partial charge in [-0.05, 0) is 49.2 Å². The zero-order chi connectivity index (χ0) is 18.1. The van der Waals surface area contributed by atoms with E-state index >= 15 is 0 Å². The monoisotopic (exact) mass is 368 g/mol. The van der Waals surface area contributed by atoms with Crippen molar-refractivity contribution in [2.24, 2.45) is 0 Å². The van der Waals surface area contributed by atoms with Crippen molar-refractivity contribution >= 4 is 25.7 Å². The minimum atomic E-state index is -3.81. The van der Waals surface area contributed by atoms with Crippen molar-refractivity contribution in [2.75, 3.05) is 18.8 Å². The van der Waals surface area contributed by atoms with Crippen molar-refractivity contribution in [3.05, 3.63) is 53.6 Å². The molecule has 0 aromatic heterocycles. The minimum Gasteiger partial charge on any atom is -0.280 e. The third-order valence-corrected chi connectivity index (χ3v) is 6.83. The lowest BCUT2D eigenvalue weighted by molar-refractivity contribution is 0.521. The summed E-state index contributed by atoms with van der Waals surface area (Å²) in [5.74, 6) is 0. The Morgan fingerprint density at radius 2 is 1.58 bits per heavy atom. The van der Waals surface area contributed by atoms with Gasteiger partial charge < -0.3 is 0 Å². The normalized spacial score (nSPS) is 12.4. The number of rotatable bonds is 5. The molecule has 0 aliphatic heterocycles. The van der Waals surface area contributed by atoms with E-state index in [2.05, 4.69) is 4.72 Å².